The van der Waals surface area contributed by atoms with E-state index >= 15 is 0 Å². The van der Waals surface area contributed by atoms with Crippen LogP contribution >= 0.6 is 15.9 Å². The summed E-state index contributed by atoms with van der Waals surface area (Å²) in [5, 5.41) is 0. The molecule has 0 unspecified atom stereocenters. The molecule has 2 aliphatic heterocycles. The molecule has 0 N–H and O–H groups in total. The predicted molar refractivity (Wildman–Crippen MR) is 83.7 cm³/mol. The lowest BCUT2D eigenvalue weighted by Gasteiger charge is -2.41. The summed E-state index contributed by atoms with van der Waals surface area (Å²) in [6.45, 7) is 7.23. The molecule has 0 aromatic heterocycles. The lowest BCUT2D eigenvalue weighted by molar-refractivity contribution is 0.113. The summed E-state index contributed by atoms with van der Waals surface area (Å²) < 4.78 is 12.9. The minimum absolute atomic E-state index is 0.189. The number of rotatable bonds is 2. The smallest absolute Gasteiger partial charge is 0.137 e. The van der Waals surface area contributed by atoms with Crippen molar-refractivity contribution in [1.82, 2.24) is 4.90 Å². The Hall–Kier alpha value is -0.740. The van der Waals surface area contributed by atoms with Gasteiger partial charge in [-0.3, -0.25) is 0 Å². The first-order chi connectivity index (χ1) is 9.54. The van der Waals surface area contributed by atoms with Crippen LogP contribution in [0.3, 0.4) is 0 Å². The summed E-state index contributed by atoms with van der Waals surface area (Å²) >= 11 is 3.64. The van der Waals surface area contributed by atoms with Gasteiger partial charge in [-0.05, 0) is 61.9 Å². The van der Waals surface area contributed by atoms with Crippen LogP contribution in [0, 0.1) is 5.92 Å². The molecule has 0 radical (unpaired) electrons. The first-order valence-electron chi connectivity index (χ1n) is 7.36. The van der Waals surface area contributed by atoms with Crippen LogP contribution < -0.4 is 9.47 Å². The summed E-state index contributed by atoms with van der Waals surface area (Å²) in [5.74, 6) is 3.14. The first kappa shape index (κ1) is 14.2. The molecule has 1 saturated heterocycles. The van der Waals surface area contributed by atoms with Gasteiger partial charge in [-0.25, -0.2) is 0 Å². The van der Waals surface area contributed by atoms with Gasteiger partial charge in [0, 0.05) is 23.9 Å². The van der Waals surface area contributed by atoms with Crippen molar-refractivity contribution in [3.63, 3.8) is 0 Å². The highest BCUT2D eigenvalue weighted by Gasteiger charge is 2.36. The van der Waals surface area contributed by atoms with E-state index in [1.54, 1.807) is 0 Å². The molecule has 1 fully saturated rings. The second-order valence-electron chi connectivity index (χ2n) is 6.22. The highest BCUT2D eigenvalue weighted by atomic mass is 79.9. The Morgan fingerprint density at radius 3 is 2.95 bits per heavy atom. The van der Waals surface area contributed by atoms with Gasteiger partial charge < -0.3 is 14.4 Å². The van der Waals surface area contributed by atoms with E-state index in [0.29, 0.717) is 11.8 Å². The highest BCUT2D eigenvalue weighted by molar-refractivity contribution is 9.10. The predicted octanol–water partition coefficient (Wildman–Crippen LogP) is 3.66. The number of halogens is 1. The molecule has 110 valence electrons. The molecule has 2 heterocycles. The number of benzene rings is 1. The van der Waals surface area contributed by atoms with Crippen molar-refractivity contribution in [2.45, 2.75) is 32.3 Å². The summed E-state index contributed by atoms with van der Waals surface area (Å²) in [4.78, 5) is 2.42. The normalized spacial score (nSPS) is 25.9. The third kappa shape index (κ3) is 2.68. The lowest BCUT2D eigenvalue weighted by atomic mass is 9.79. The van der Waals surface area contributed by atoms with Crippen molar-refractivity contribution < 1.29 is 9.47 Å². The molecular weight excluding hydrogens is 318 g/mol. The van der Waals surface area contributed by atoms with E-state index in [1.807, 2.05) is 6.07 Å². The lowest BCUT2D eigenvalue weighted by Crippen LogP contribution is -2.41. The minimum atomic E-state index is 0.189. The topological polar surface area (TPSA) is 21.7 Å². The Bertz CT molecular complexity index is 503. The van der Waals surface area contributed by atoms with Gasteiger partial charge in [0.1, 0.15) is 11.5 Å². The molecule has 2 atom stereocenters. The molecule has 0 aliphatic carbocycles. The number of likely N-dealkylation sites (N-methyl/N-ethyl adjacent to an activating group) is 1. The fourth-order valence-corrected chi connectivity index (χ4v) is 3.83. The fraction of sp³-hybridized carbons (Fsp3) is 0.625. The number of hydrogen-bond acceptors (Lipinski definition) is 3. The van der Waals surface area contributed by atoms with E-state index in [-0.39, 0.29) is 6.10 Å². The number of fused-ring (bicyclic) bond motifs is 3. The van der Waals surface area contributed by atoms with Crippen LogP contribution in [0.4, 0.5) is 0 Å². The molecule has 0 saturated carbocycles. The second-order valence-corrected chi connectivity index (χ2v) is 7.07. The number of likely N-dealkylation sites (tertiary alicyclic amines) is 1. The van der Waals surface area contributed by atoms with E-state index in [1.165, 1.54) is 18.5 Å². The number of nitrogens with zero attached hydrogens (tertiary/aromatic N) is 1. The SMILES string of the molecule is CC(C)Oc1cc(Br)c2c(c1)[C@H]1CN(C)CC[C@H]1CO2. The molecule has 3 rings (SSSR count). The fourth-order valence-electron chi connectivity index (χ4n) is 3.26. The van der Waals surface area contributed by atoms with Crippen LogP contribution in [0.5, 0.6) is 11.5 Å². The van der Waals surface area contributed by atoms with Crippen LogP contribution in [-0.2, 0) is 0 Å². The maximum atomic E-state index is 6.00. The Morgan fingerprint density at radius 2 is 2.20 bits per heavy atom. The largest absolute Gasteiger partial charge is 0.492 e. The second kappa shape index (κ2) is 5.57. The van der Waals surface area contributed by atoms with Gasteiger partial charge in [0.05, 0.1) is 17.2 Å². The van der Waals surface area contributed by atoms with Crippen molar-refractivity contribution in [3.8, 4) is 11.5 Å². The van der Waals surface area contributed by atoms with Gasteiger partial charge in [-0.1, -0.05) is 0 Å². The average molecular weight is 340 g/mol. The standard InChI is InChI=1S/C16H22BrNO2/c1-10(2)20-12-6-13-14-8-18(3)5-4-11(14)9-19-16(13)15(17)7-12/h6-7,10-11,14H,4-5,8-9H2,1-3H3/t11-,14-/m0/s1. The minimum Gasteiger partial charge on any atom is -0.492 e. The third-order valence-corrected chi connectivity index (χ3v) is 4.81. The van der Waals surface area contributed by atoms with Crippen LogP contribution in [0.2, 0.25) is 0 Å². The summed E-state index contributed by atoms with van der Waals surface area (Å²) in [7, 11) is 2.20. The summed E-state index contributed by atoms with van der Waals surface area (Å²) in [6.07, 6.45) is 1.40. The van der Waals surface area contributed by atoms with E-state index in [0.717, 1.165) is 29.1 Å². The molecule has 0 spiro atoms. The van der Waals surface area contributed by atoms with Crippen LogP contribution in [0.15, 0.2) is 16.6 Å². The van der Waals surface area contributed by atoms with Gasteiger partial charge in [0.2, 0.25) is 0 Å². The number of ether oxygens (including phenoxy) is 2. The van der Waals surface area contributed by atoms with Gasteiger partial charge in [-0.2, -0.15) is 0 Å². The molecule has 0 amide bonds. The Kier molecular flexibility index (Phi) is 3.95. The zero-order chi connectivity index (χ0) is 14.3. The van der Waals surface area contributed by atoms with Crippen molar-refractivity contribution in [3.05, 3.63) is 22.2 Å². The number of hydrogen-bond donors (Lipinski definition) is 0. The Labute approximate surface area is 129 Å². The van der Waals surface area contributed by atoms with Gasteiger partial charge in [0.15, 0.2) is 0 Å². The molecule has 1 aromatic rings. The Balaban J connectivity index is 1.97. The van der Waals surface area contributed by atoms with Gasteiger partial charge in [-0.15, -0.1) is 0 Å². The maximum absolute atomic E-state index is 6.00. The zero-order valence-corrected chi connectivity index (χ0v) is 13.9. The monoisotopic (exact) mass is 339 g/mol. The third-order valence-electron chi connectivity index (χ3n) is 4.22. The van der Waals surface area contributed by atoms with E-state index in [9.17, 15) is 0 Å². The summed E-state index contributed by atoms with van der Waals surface area (Å²) in [6, 6.07) is 4.20. The molecular formula is C16H22BrNO2. The first-order valence-corrected chi connectivity index (χ1v) is 8.15. The molecule has 2 aliphatic rings. The maximum Gasteiger partial charge on any atom is 0.137 e. The van der Waals surface area contributed by atoms with Crippen molar-refractivity contribution in [2.24, 2.45) is 5.92 Å². The van der Waals surface area contributed by atoms with Crippen LogP contribution in [0.1, 0.15) is 31.7 Å². The molecule has 4 heteroatoms. The Morgan fingerprint density at radius 1 is 1.40 bits per heavy atom. The quantitative estimate of drug-likeness (QED) is 0.820. The zero-order valence-electron chi connectivity index (χ0n) is 12.4. The highest BCUT2D eigenvalue weighted by Crippen LogP contribution is 2.46. The van der Waals surface area contributed by atoms with Gasteiger partial charge >= 0.3 is 0 Å². The molecule has 20 heavy (non-hydrogen) atoms. The summed E-state index contributed by atoms with van der Waals surface area (Å²) in [5.41, 5.74) is 1.30. The van der Waals surface area contributed by atoms with Crippen LogP contribution in [-0.4, -0.2) is 37.7 Å². The van der Waals surface area contributed by atoms with Gasteiger partial charge in [0.25, 0.3) is 0 Å². The molecule has 0 bridgehead atoms. The van der Waals surface area contributed by atoms with Crippen molar-refractivity contribution in [2.75, 3.05) is 26.7 Å². The average Bonchev–Trinajstić information content (AvgIpc) is 2.38. The van der Waals surface area contributed by atoms with Crippen molar-refractivity contribution >= 4 is 15.9 Å². The van der Waals surface area contributed by atoms with Crippen molar-refractivity contribution in [1.29, 1.82) is 0 Å². The van der Waals surface area contributed by atoms with E-state index in [4.69, 9.17) is 9.47 Å². The number of piperidine rings is 1. The van der Waals surface area contributed by atoms with E-state index in [2.05, 4.69) is 47.8 Å². The van der Waals surface area contributed by atoms with E-state index < -0.39 is 0 Å². The molecule has 3 nitrogen and oxygen atoms in total. The van der Waals surface area contributed by atoms with Crippen LogP contribution in [0.25, 0.3) is 0 Å². The molecule has 1 aromatic carbocycles.